The SMILES string of the molecule is CN1CCCCC1CCNc1ccc(F)c(F)c1. The van der Waals surface area contributed by atoms with Gasteiger partial charge in [0.25, 0.3) is 0 Å². The van der Waals surface area contributed by atoms with Gasteiger partial charge in [0.1, 0.15) is 0 Å². The minimum absolute atomic E-state index is 0.608. The van der Waals surface area contributed by atoms with Crippen molar-refractivity contribution in [2.75, 3.05) is 25.5 Å². The topological polar surface area (TPSA) is 15.3 Å². The molecule has 1 aliphatic heterocycles. The Bertz CT molecular complexity index is 395. The van der Waals surface area contributed by atoms with E-state index in [9.17, 15) is 8.78 Å². The van der Waals surface area contributed by atoms with E-state index in [0.29, 0.717) is 11.7 Å². The number of halogens is 2. The van der Waals surface area contributed by atoms with Gasteiger partial charge in [-0.05, 0) is 51.1 Å². The Hall–Kier alpha value is -1.16. The van der Waals surface area contributed by atoms with Crippen LogP contribution in [0.2, 0.25) is 0 Å². The van der Waals surface area contributed by atoms with Crippen molar-refractivity contribution >= 4 is 5.69 Å². The molecule has 100 valence electrons. The van der Waals surface area contributed by atoms with E-state index in [0.717, 1.165) is 25.6 Å². The molecule has 2 nitrogen and oxygen atoms in total. The van der Waals surface area contributed by atoms with Crippen LogP contribution >= 0.6 is 0 Å². The van der Waals surface area contributed by atoms with Gasteiger partial charge in [-0.2, -0.15) is 0 Å². The van der Waals surface area contributed by atoms with Crippen molar-refractivity contribution in [2.45, 2.75) is 31.7 Å². The largest absolute Gasteiger partial charge is 0.385 e. The van der Waals surface area contributed by atoms with Crippen molar-refractivity contribution in [3.8, 4) is 0 Å². The van der Waals surface area contributed by atoms with Gasteiger partial charge in [-0.25, -0.2) is 8.78 Å². The van der Waals surface area contributed by atoms with Gasteiger partial charge in [0.2, 0.25) is 0 Å². The van der Waals surface area contributed by atoms with Crippen LogP contribution in [0.15, 0.2) is 18.2 Å². The first kappa shape index (κ1) is 13.3. The highest BCUT2D eigenvalue weighted by atomic mass is 19.2. The summed E-state index contributed by atoms with van der Waals surface area (Å²) >= 11 is 0. The Morgan fingerprint density at radius 3 is 2.83 bits per heavy atom. The van der Waals surface area contributed by atoms with Crippen molar-refractivity contribution in [1.82, 2.24) is 4.90 Å². The maximum absolute atomic E-state index is 13.0. The molecule has 1 atom stereocenters. The molecule has 1 heterocycles. The van der Waals surface area contributed by atoms with Gasteiger partial charge >= 0.3 is 0 Å². The van der Waals surface area contributed by atoms with Crippen LogP contribution in [0.5, 0.6) is 0 Å². The Balaban J connectivity index is 1.79. The number of likely N-dealkylation sites (tertiary alicyclic amines) is 1. The second kappa shape index (κ2) is 6.14. The highest BCUT2D eigenvalue weighted by Gasteiger charge is 2.17. The van der Waals surface area contributed by atoms with Crippen LogP contribution in [0.3, 0.4) is 0 Å². The summed E-state index contributed by atoms with van der Waals surface area (Å²) in [6.07, 6.45) is 4.84. The molecule has 1 unspecified atom stereocenters. The Morgan fingerprint density at radius 1 is 1.28 bits per heavy atom. The molecule has 18 heavy (non-hydrogen) atoms. The molecule has 1 aliphatic rings. The fraction of sp³-hybridized carbons (Fsp3) is 0.571. The molecule has 1 saturated heterocycles. The van der Waals surface area contributed by atoms with Crippen molar-refractivity contribution in [1.29, 1.82) is 0 Å². The lowest BCUT2D eigenvalue weighted by Crippen LogP contribution is -2.37. The maximum Gasteiger partial charge on any atom is 0.160 e. The summed E-state index contributed by atoms with van der Waals surface area (Å²) < 4.78 is 25.8. The van der Waals surface area contributed by atoms with Crippen molar-refractivity contribution in [3.63, 3.8) is 0 Å². The molecule has 0 aromatic heterocycles. The van der Waals surface area contributed by atoms with E-state index >= 15 is 0 Å². The smallest absolute Gasteiger partial charge is 0.160 e. The van der Waals surface area contributed by atoms with Crippen LogP contribution in [0.25, 0.3) is 0 Å². The quantitative estimate of drug-likeness (QED) is 0.887. The molecule has 0 amide bonds. The molecule has 1 aromatic carbocycles. The molecule has 2 rings (SSSR count). The molecule has 0 bridgehead atoms. The maximum atomic E-state index is 13.0. The van der Waals surface area contributed by atoms with E-state index in [-0.39, 0.29) is 0 Å². The zero-order valence-corrected chi connectivity index (χ0v) is 10.8. The molecule has 0 saturated carbocycles. The average molecular weight is 254 g/mol. The lowest BCUT2D eigenvalue weighted by atomic mass is 10.0. The van der Waals surface area contributed by atoms with Crippen LogP contribution in [0, 0.1) is 11.6 Å². The van der Waals surface area contributed by atoms with Crippen molar-refractivity contribution in [3.05, 3.63) is 29.8 Å². The second-order valence-corrected chi connectivity index (χ2v) is 4.97. The molecule has 0 radical (unpaired) electrons. The number of rotatable bonds is 4. The summed E-state index contributed by atoms with van der Waals surface area (Å²) in [5, 5.41) is 3.15. The molecular weight excluding hydrogens is 234 g/mol. The summed E-state index contributed by atoms with van der Waals surface area (Å²) in [7, 11) is 2.15. The highest BCUT2D eigenvalue weighted by Crippen LogP contribution is 2.18. The van der Waals surface area contributed by atoms with Gasteiger partial charge in [-0.3, -0.25) is 0 Å². The van der Waals surface area contributed by atoms with E-state index in [4.69, 9.17) is 0 Å². The molecule has 1 aromatic rings. The summed E-state index contributed by atoms with van der Waals surface area (Å²) in [5.41, 5.74) is 0.646. The number of benzene rings is 1. The van der Waals surface area contributed by atoms with Gasteiger partial charge in [0.05, 0.1) is 0 Å². The first-order chi connectivity index (χ1) is 8.66. The summed E-state index contributed by atoms with van der Waals surface area (Å²) in [6.45, 7) is 1.95. The second-order valence-electron chi connectivity index (χ2n) is 4.97. The third-order valence-corrected chi connectivity index (χ3v) is 3.65. The number of nitrogens with zero attached hydrogens (tertiary/aromatic N) is 1. The van der Waals surface area contributed by atoms with E-state index < -0.39 is 11.6 Å². The predicted octanol–water partition coefficient (Wildman–Crippen LogP) is 3.25. The third kappa shape index (κ3) is 3.42. The summed E-state index contributed by atoms with van der Waals surface area (Å²) in [6, 6.07) is 4.55. The highest BCUT2D eigenvalue weighted by molar-refractivity contribution is 5.43. The van der Waals surface area contributed by atoms with Crippen molar-refractivity contribution < 1.29 is 8.78 Å². The number of nitrogens with one attached hydrogen (secondary N) is 1. The standard InChI is InChI=1S/C14H20F2N2/c1-18-9-3-2-4-12(18)7-8-17-11-5-6-13(15)14(16)10-11/h5-6,10,12,17H,2-4,7-9H2,1H3. The lowest BCUT2D eigenvalue weighted by Gasteiger charge is -2.32. The van der Waals surface area contributed by atoms with Gasteiger partial charge in [0, 0.05) is 18.3 Å². The Labute approximate surface area is 107 Å². The number of hydrogen-bond acceptors (Lipinski definition) is 2. The molecule has 1 N–H and O–H groups in total. The molecular formula is C14H20F2N2. The van der Waals surface area contributed by atoms with Gasteiger partial charge in [0.15, 0.2) is 11.6 Å². The first-order valence-corrected chi connectivity index (χ1v) is 6.56. The fourth-order valence-corrected chi connectivity index (χ4v) is 2.50. The van der Waals surface area contributed by atoms with Crippen LogP contribution in [0.4, 0.5) is 14.5 Å². The minimum Gasteiger partial charge on any atom is -0.385 e. The van der Waals surface area contributed by atoms with Crippen LogP contribution in [-0.2, 0) is 0 Å². The van der Waals surface area contributed by atoms with Gasteiger partial charge in [-0.1, -0.05) is 6.42 Å². The predicted molar refractivity (Wildman–Crippen MR) is 69.7 cm³/mol. The number of hydrogen-bond donors (Lipinski definition) is 1. The molecule has 1 fully saturated rings. The van der Waals surface area contributed by atoms with Gasteiger partial charge in [-0.15, -0.1) is 0 Å². The molecule has 0 spiro atoms. The van der Waals surface area contributed by atoms with Crippen LogP contribution in [0.1, 0.15) is 25.7 Å². The summed E-state index contributed by atoms with van der Waals surface area (Å²) in [4.78, 5) is 2.39. The minimum atomic E-state index is -0.799. The fourth-order valence-electron chi connectivity index (χ4n) is 2.50. The average Bonchev–Trinajstić information content (AvgIpc) is 2.36. The van der Waals surface area contributed by atoms with Crippen molar-refractivity contribution in [2.24, 2.45) is 0 Å². The Morgan fingerprint density at radius 2 is 2.11 bits per heavy atom. The van der Waals surface area contributed by atoms with Gasteiger partial charge < -0.3 is 10.2 Å². The van der Waals surface area contributed by atoms with E-state index in [1.807, 2.05) is 0 Å². The monoisotopic (exact) mass is 254 g/mol. The van der Waals surface area contributed by atoms with E-state index in [2.05, 4.69) is 17.3 Å². The number of piperidine rings is 1. The summed E-state index contributed by atoms with van der Waals surface area (Å²) in [5.74, 6) is -1.60. The molecule has 0 aliphatic carbocycles. The third-order valence-electron chi connectivity index (χ3n) is 3.65. The van der Waals surface area contributed by atoms with Crippen LogP contribution in [-0.4, -0.2) is 31.1 Å². The van der Waals surface area contributed by atoms with E-state index in [1.165, 1.54) is 25.3 Å². The Kier molecular flexibility index (Phi) is 4.53. The number of anilines is 1. The van der Waals surface area contributed by atoms with E-state index in [1.54, 1.807) is 6.07 Å². The zero-order chi connectivity index (χ0) is 13.0. The lowest BCUT2D eigenvalue weighted by molar-refractivity contribution is 0.179. The zero-order valence-electron chi connectivity index (χ0n) is 10.8. The first-order valence-electron chi connectivity index (χ1n) is 6.56. The normalized spacial score (nSPS) is 20.9. The van der Waals surface area contributed by atoms with Crippen LogP contribution < -0.4 is 5.32 Å². The molecule has 4 heteroatoms.